The molecule has 1 aromatic heterocycles. The van der Waals surface area contributed by atoms with Crippen molar-refractivity contribution in [1.82, 2.24) is 30.9 Å². The molecule has 2 aliphatic rings. The molecule has 31 heavy (non-hydrogen) atoms. The van der Waals surface area contributed by atoms with Gasteiger partial charge in [-0.25, -0.2) is 4.68 Å². The van der Waals surface area contributed by atoms with Gasteiger partial charge >= 0.3 is 0 Å². The largest absolute Gasteiger partial charge is 0.388 e. The van der Waals surface area contributed by atoms with Crippen molar-refractivity contribution in [3.05, 3.63) is 54.2 Å². The lowest BCUT2D eigenvalue weighted by atomic mass is 10.0. The molecule has 1 fully saturated rings. The van der Waals surface area contributed by atoms with E-state index in [4.69, 9.17) is 0 Å². The van der Waals surface area contributed by atoms with Gasteiger partial charge in [-0.1, -0.05) is 23.4 Å². The zero-order valence-corrected chi connectivity index (χ0v) is 17.9. The number of nitrogens with zero attached hydrogens (tertiary/aromatic N) is 3. The van der Waals surface area contributed by atoms with Crippen molar-refractivity contribution in [2.75, 3.05) is 43.9 Å². The summed E-state index contributed by atoms with van der Waals surface area (Å²) in [5.74, 6) is 0. The first-order valence-corrected chi connectivity index (χ1v) is 11.1. The summed E-state index contributed by atoms with van der Waals surface area (Å²) in [7, 11) is 2.00. The van der Waals surface area contributed by atoms with Gasteiger partial charge in [0.25, 0.3) is 0 Å². The van der Waals surface area contributed by atoms with Crippen LogP contribution in [0.25, 0.3) is 16.7 Å². The normalized spacial score (nSPS) is 19.5. The summed E-state index contributed by atoms with van der Waals surface area (Å²) in [5.41, 5.74) is 6.33. The van der Waals surface area contributed by atoms with Crippen LogP contribution in [0.5, 0.6) is 0 Å². The maximum absolute atomic E-state index is 4.43. The zero-order valence-electron chi connectivity index (χ0n) is 17.9. The Kier molecular flexibility index (Phi) is 5.73. The van der Waals surface area contributed by atoms with Gasteiger partial charge in [0.05, 0.1) is 28.6 Å². The van der Waals surface area contributed by atoms with Gasteiger partial charge in [0.2, 0.25) is 0 Å². The quantitative estimate of drug-likeness (QED) is 0.419. The molecule has 0 spiro atoms. The number of fused-ring (bicyclic) bond motifs is 2. The van der Waals surface area contributed by atoms with E-state index in [-0.39, 0.29) is 6.04 Å². The van der Waals surface area contributed by atoms with Crippen LogP contribution in [0.4, 0.5) is 11.4 Å². The standard InChI is InChI=1S/C23H30N8/c1-24-13-16(14-26-17-9-11-25-12-10-17)20-15-27-19-6-4-8-22(23(19)28-20)31-21-7-3-2-5-18(21)29-30-31/h2-8,14,17,20,24-28H,9-13,15H2,1H3/b16-14+. The fourth-order valence-electron chi connectivity index (χ4n) is 4.42. The fourth-order valence-corrected chi connectivity index (χ4v) is 4.42. The highest BCUT2D eigenvalue weighted by atomic mass is 15.4. The van der Waals surface area contributed by atoms with E-state index in [1.54, 1.807) is 0 Å². The molecule has 5 N–H and O–H groups in total. The molecule has 1 atom stereocenters. The van der Waals surface area contributed by atoms with Crippen molar-refractivity contribution in [2.24, 2.45) is 0 Å². The first-order valence-electron chi connectivity index (χ1n) is 11.1. The number of hydrogen-bond acceptors (Lipinski definition) is 7. The number of benzene rings is 2. The highest BCUT2D eigenvalue weighted by molar-refractivity contribution is 5.84. The number of anilines is 2. The summed E-state index contributed by atoms with van der Waals surface area (Å²) in [5, 5.41) is 26.6. The van der Waals surface area contributed by atoms with E-state index in [9.17, 15) is 0 Å². The van der Waals surface area contributed by atoms with Crippen LogP contribution in [-0.2, 0) is 0 Å². The Hall–Kier alpha value is -3.10. The molecule has 0 saturated carbocycles. The average molecular weight is 419 g/mol. The Morgan fingerprint density at radius 1 is 1.16 bits per heavy atom. The van der Waals surface area contributed by atoms with Gasteiger partial charge in [-0.05, 0) is 69.0 Å². The van der Waals surface area contributed by atoms with E-state index in [1.165, 1.54) is 5.57 Å². The predicted octanol–water partition coefficient (Wildman–Crippen LogP) is 2.07. The van der Waals surface area contributed by atoms with Crippen molar-refractivity contribution in [3.8, 4) is 5.69 Å². The average Bonchev–Trinajstić information content (AvgIpc) is 3.26. The third-order valence-electron chi connectivity index (χ3n) is 6.11. The first kappa shape index (κ1) is 19.8. The topological polar surface area (TPSA) is 90.9 Å². The molecule has 1 saturated heterocycles. The lowest BCUT2D eigenvalue weighted by Gasteiger charge is -2.32. The maximum atomic E-state index is 4.43. The van der Waals surface area contributed by atoms with Gasteiger partial charge in [0, 0.05) is 19.1 Å². The molecular formula is C23H30N8. The summed E-state index contributed by atoms with van der Waals surface area (Å²) >= 11 is 0. The van der Waals surface area contributed by atoms with Crippen LogP contribution in [0.2, 0.25) is 0 Å². The second kappa shape index (κ2) is 8.95. The molecule has 1 unspecified atom stereocenters. The molecule has 3 heterocycles. The number of piperidine rings is 1. The van der Waals surface area contributed by atoms with Crippen LogP contribution in [0.1, 0.15) is 12.8 Å². The summed E-state index contributed by atoms with van der Waals surface area (Å²) in [6, 6.07) is 15.0. The van der Waals surface area contributed by atoms with E-state index >= 15 is 0 Å². The molecule has 3 aromatic rings. The molecule has 0 amide bonds. The van der Waals surface area contributed by atoms with E-state index in [2.05, 4.69) is 67.4 Å². The molecule has 8 nitrogen and oxygen atoms in total. The molecule has 5 rings (SSSR count). The Labute approximate surface area is 182 Å². The summed E-state index contributed by atoms with van der Waals surface area (Å²) in [4.78, 5) is 0. The molecule has 2 aromatic carbocycles. The minimum Gasteiger partial charge on any atom is -0.388 e. The minimum absolute atomic E-state index is 0.171. The second-order valence-corrected chi connectivity index (χ2v) is 8.21. The van der Waals surface area contributed by atoms with Gasteiger partial charge in [0.1, 0.15) is 5.52 Å². The van der Waals surface area contributed by atoms with Crippen molar-refractivity contribution >= 4 is 22.4 Å². The fraction of sp³-hybridized carbons (Fsp3) is 0.391. The maximum Gasteiger partial charge on any atom is 0.113 e. The second-order valence-electron chi connectivity index (χ2n) is 8.21. The molecule has 2 aliphatic heterocycles. The Morgan fingerprint density at radius 2 is 2.03 bits per heavy atom. The van der Waals surface area contributed by atoms with Gasteiger partial charge in [-0.2, -0.15) is 0 Å². The molecule has 0 aliphatic carbocycles. The van der Waals surface area contributed by atoms with Gasteiger partial charge in [-0.15, -0.1) is 5.10 Å². The molecule has 0 bridgehead atoms. The zero-order chi connectivity index (χ0) is 21.0. The lowest BCUT2D eigenvalue weighted by Crippen LogP contribution is -2.41. The monoisotopic (exact) mass is 418 g/mol. The van der Waals surface area contributed by atoms with E-state index < -0.39 is 0 Å². The Bertz CT molecular complexity index is 1070. The number of hydrogen-bond donors (Lipinski definition) is 5. The van der Waals surface area contributed by atoms with E-state index in [1.807, 2.05) is 29.9 Å². The van der Waals surface area contributed by atoms with Crippen LogP contribution in [-0.4, -0.2) is 60.3 Å². The van der Waals surface area contributed by atoms with Crippen molar-refractivity contribution < 1.29 is 0 Å². The van der Waals surface area contributed by atoms with Crippen molar-refractivity contribution in [2.45, 2.75) is 24.9 Å². The number of likely N-dealkylation sites (N-methyl/N-ethyl adjacent to an activating group) is 1. The smallest absolute Gasteiger partial charge is 0.113 e. The molecule has 162 valence electrons. The van der Waals surface area contributed by atoms with Gasteiger partial charge in [0.15, 0.2) is 0 Å². The molecule has 8 heteroatoms. The van der Waals surface area contributed by atoms with Crippen LogP contribution in [0.15, 0.2) is 54.2 Å². The summed E-state index contributed by atoms with van der Waals surface area (Å²) < 4.78 is 1.92. The van der Waals surface area contributed by atoms with E-state index in [0.29, 0.717) is 6.04 Å². The van der Waals surface area contributed by atoms with Crippen LogP contribution >= 0.6 is 0 Å². The SMILES string of the molecule is CNC/C(=C\NC1CCNCC1)C1CNc2cccc(-n3nnc4ccccc43)c2N1. The Balaban J connectivity index is 1.43. The van der Waals surface area contributed by atoms with E-state index in [0.717, 1.165) is 67.1 Å². The first-order chi connectivity index (χ1) is 15.3. The summed E-state index contributed by atoms with van der Waals surface area (Å²) in [6.07, 6.45) is 4.53. The van der Waals surface area contributed by atoms with Crippen LogP contribution < -0.4 is 26.6 Å². The highest BCUT2D eigenvalue weighted by Crippen LogP contribution is 2.34. The Morgan fingerprint density at radius 3 is 2.90 bits per heavy atom. The van der Waals surface area contributed by atoms with Crippen LogP contribution in [0.3, 0.4) is 0 Å². The number of aromatic nitrogens is 3. The summed E-state index contributed by atoms with van der Waals surface area (Å²) in [6.45, 7) is 3.81. The van der Waals surface area contributed by atoms with Crippen molar-refractivity contribution in [3.63, 3.8) is 0 Å². The van der Waals surface area contributed by atoms with Crippen molar-refractivity contribution in [1.29, 1.82) is 0 Å². The number of rotatable bonds is 6. The molecule has 0 radical (unpaired) electrons. The van der Waals surface area contributed by atoms with Gasteiger partial charge in [-0.3, -0.25) is 0 Å². The minimum atomic E-state index is 0.171. The predicted molar refractivity (Wildman–Crippen MR) is 126 cm³/mol. The number of nitrogens with one attached hydrogen (secondary N) is 5. The third kappa shape index (κ3) is 4.08. The van der Waals surface area contributed by atoms with Gasteiger partial charge < -0.3 is 26.6 Å². The van der Waals surface area contributed by atoms with Crippen LogP contribution in [0, 0.1) is 0 Å². The number of para-hydroxylation sites is 2. The lowest BCUT2D eigenvalue weighted by molar-refractivity contribution is 0.418. The highest BCUT2D eigenvalue weighted by Gasteiger charge is 2.24. The molecular weight excluding hydrogens is 388 g/mol. The third-order valence-corrected chi connectivity index (χ3v) is 6.11.